The number of nitrogens with zero attached hydrogens (tertiary/aromatic N) is 2. The Labute approximate surface area is 124 Å². The maximum absolute atomic E-state index is 13.0. The molecule has 1 aliphatic rings. The fourth-order valence-corrected chi connectivity index (χ4v) is 2.15. The summed E-state index contributed by atoms with van der Waals surface area (Å²) in [5.41, 5.74) is 5.93. The Morgan fingerprint density at radius 1 is 1.47 bits per heavy atom. The fourth-order valence-electron chi connectivity index (χ4n) is 2.15. The Morgan fingerprint density at radius 3 is 2.84 bits per heavy atom. The Kier molecular flexibility index (Phi) is 7.90. The largest absolute Gasteiger partial charge is 0.338 e. The molecule has 0 aliphatic carbocycles. The van der Waals surface area contributed by atoms with Crippen molar-refractivity contribution in [2.45, 2.75) is 12.8 Å². The molecule has 1 unspecified atom stereocenters. The number of rotatable bonds is 2. The van der Waals surface area contributed by atoms with Crippen LogP contribution in [0.4, 0.5) is 4.39 Å². The van der Waals surface area contributed by atoms with Crippen LogP contribution >= 0.6 is 24.8 Å². The molecule has 1 amide bonds. The lowest BCUT2D eigenvalue weighted by molar-refractivity contribution is 0.0677. The highest BCUT2D eigenvalue weighted by atomic mass is 35.5. The maximum atomic E-state index is 13.0. The minimum atomic E-state index is -0.483. The molecule has 2 N–H and O–H groups in total. The molecule has 7 heteroatoms. The zero-order chi connectivity index (χ0) is 12.3. The quantitative estimate of drug-likeness (QED) is 0.907. The summed E-state index contributed by atoms with van der Waals surface area (Å²) in [6, 6.07) is 1.22. The van der Waals surface area contributed by atoms with Crippen LogP contribution in [0.3, 0.4) is 0 Å². The molecule has 2 heterocycles. The molecule has 0 bridgehead atoms. The second-order valence-corrected chi connectivity index (χ2v) is 4.39. The molecular weight excluding hydrogens is 292 g/mol. The number of amides is 1. The van der Waals surface area contributed by atoms with Gasteiger partial charge in [-0.15, -0.1) is 24.8 Å². The van der Waals surface area contributed by atoms with Gasteiger partial charge in [0.25, 0.3) is 5.91 Å². The second-order valence-electron chi connectivity index (χ2n) is 4.39. The summed E-state index contributed by atoms with van der Waals surface area (Å²) in [6.45, 7) is 1.96. The lowest BCUT2D eigenvalue weighted by atomic mass is 9.98. The molecule has 0 saturated carbocycles. The highest BCUT2D eigenvalue weighted by Gasteiger charge is 2.23. The third-order valence-electron chi connectivity index (χ3n) is 3.09. The van der Waals surface area contributed by atoms with Gasteiger partial charge in [-0.3, -0.25) is 9.78 Å². The van der Waals surface area contributed by atoms with Gasteiger partial charge in [-0.1, -0.05) is 0 Å². The molecule has 0 radical (unpaired) electrons. The van der Waals surface area contributed by atoms with Gasteiger partial charge in [0.2, 0.25) is 0 Å². The number of hydrogen-bond acceptors (Lipinski definition) is 3. The Balaban J connectivity index is 0.00000162. The van der Waals surface area contributed by atoms with Gasteiger partial charge in [0.1, 0.15) is 5.82 Å². The Bertz CT molecular complexity index is 420. The van der Waals surface area contributed by atoms with E-state index in [4.69, 9.17) is 5.73 Å². The minimum absolute atomic E-state index is 0. The second kappa shape index (κ2) is 8.30. The predicted octanol–water partition coefficient (Wildman–Crippen LogP) is 1.88. The third kappa shape index (κ3) is 4.60. The minimum Gasteiger partial charge on any atom is -0.338 e. The van der Waals surface area contributed by atoms with Crippen molar-refractivity contribution in [1.82, 2.24) is 9.88 Å². The average Bonchev–Trinajstić information content (AvgIpc) is 2.38. The molecule has 1 atom stereocenters. The number of halogens is 3. The van der Waals surface area contributed by atoms with Gasteiger partial charge in [-0.25, -0.2) is 4.39 Å². The number of nitrogens with two attached hydrogens (primary N) is 1. The van der Waals surface area contributed by atoms with Gasteiger partial charge in [-0.05, 0) is 31.4 Å². The first-order valence-corrected chi connectivity index (χ1v) is 5.80. The van der Waals surface area contributed by atoms with Gasteiger partial charge in [0, 0.05) is 19.3 Å². The molecule has 0 aromatic carbocycles. The lowest BCUT2D eigenvalue weighted by Gasteiger charge is -2.32. The highest BCUT2D eigenvalue weighted by molar-refractivity contribution is 5.94. The molecule has 1 aromatic heterocycles. The lowest BCUT2D eigenvalue weighted by Crippen LogP contribution is -2.42. The van der Waals surface area contributed by atoms with Gasteiger partial charge < -0.3 is 10.6 Å². The number of carbonyl (C=O) groups excluding carboxylic acids is 1. The Morgan fingerprint density at radius 2 is 2.21 bits per heavy atom. The molecule has 0 spiro atoms. The van der Waals surface area contributed by atoms with E-state index in [9.17, 15) is 9.18 Å². The first kappa shape index (κ1) is 18.1. The molecule has 1 saturated heterocycles. The van der Waals surface area contributed by atoms with Crippen LogP contribution in [0, 0.1) is 11.7 Å². The zero-order valence-electron chi connectivity index (χ0n) is 10.4. The number of hydrogen-bond donors (Lipinski definition) is 1. The van der Waals surface area contributed by atoms with Crippen molar-refractivity contribution >= 4 is 30.7 Å². The average molecular weight is 310 g/mol. The summed E-state index contributed by atoms with van der Waals surface area (Å²) < 4.78 is 13.0. The topological polar surface area (TPSA) is 59.2 Å². The van der Waals surface area contributed by atoms with Gasteiger partial charge >= 0.3 is 0 Å². The van der Waals surface area contributed by atoms with Crippen LogP contribution in [0.2, 0.25) is 0 Å². The Hall–Kier alpha value is -0.910. The maximum Gasteiger partial charge on any atom is 0.255 e. The molecule has 19 heavy (non-hydrogen) atoms. The third-order valence-corrected chi connectivity index (χ3v) is 3.09. The number of aromatic nitrogens is 1. The first-order valence-electron chi connectivity index (χ1n) is 5.80. The number of pyridine rings is 1. The van der Waals surface area contributed by atoms with E-state index in [0.29, 0.717) is 31.1 Å². The van der Waals surface area contributed by atoms with Crippen LogP contribution in [-0.2, 0) is 0 Å². The van der Waals surface area contributed by atoms with Gasteiger partial charge in [0.15, 0.2) is 0 Å². The van der Waals surface area contributed by atoms with Crippen LogP contribution in [0.1, 0.15) is 23.2 Å². The molecule has 4 nitrogen and oxygen atoms in total. The van der Waals surface area contributed by atoms with Crippen molar-refractivity contribution in [3.8, 4) is 0 Å². The van der Waals surface area contributed by atoms with E-state index in [2.05, 4.69) is 4.98 Å². The van der Waals surface area contributed by atoms with Crippen LogP contribution in [0.25, 0.3) is 0 Å². The van der Waals surface area contributed by atoms with Crippen LogP contribution in [0.5, 0.6) is 0 Å². The molecule has 1 fully saturated rings. The number of carbonyl (C=O) groups is 1. The van der Waals surface area contributed by atoms with E-state index < -0.39 is 5.82 Å². The standard InChI is InChI=1S/C12H16FN3O.2ClH/c13-11-4-10(6-15-7-11)12(17)16-3-1-2-9(5-14)8-16;;/h4,6-7,9H,1-3,5,8,14H2;2*1H. The van der Waals surface area contributed by atoms with Gasteiger partial charge in [0.05, 0.1) is 11.8 Å². The van der Waals surface area contributed by atoms with Crippen molar-refractivity contribution < 1.29 is 9.18 Å². The molecule has 1 aliphatic heterocycles. The van der Waals surface area contributed by atoms with E-state index in [1.165, 1.54) is 12.3 Å². The van der Waals surface area contributed by atoms with Crippen molar-refractivity contribution in [3.63, 3.8) is 0 Å². The highest BCUT2D eigenvalue weighted by Crippen LogP contribution is 2.17. The number of piperidine rings is 1. The summed E-state index contributed by atoms with van der Waals surface area (Å²) >= 11 is 0. The van der Waals surface area contributed by atoms with E-state index in [-0.39, 0.29) is 30.7 Å². The monoisotopic (exact) mass is 309 g/mol. The summed E-state index contributed by atoms with van der Waals surface area (Å²) in [6.07, 6.45) is 4.51. The van der Waals surface area contributed by atoms with Crippen LogP contribution < -0.4 is 5.73 Å². The predicted molar refractivity (Wildman–Crippen MR) is 76.4 cm³/mol. The van der Waals surface area contributed by atoms with Crippen LogP contribution in [0.15, 0.2) is 18.5 Å². The van der Waals surface area contributed by atoms with Crippen LogP contribution in [-0.4, -0.2) is 35.4 Å². The smallest absolute Gasteiger partial charge is 0.255 e. The summed E-state index contributed by atoms with van der Waals surface area (Å²) in [4.78, 5) is 17.5. The van der Waals surface area contributed by atoms with Gasteiger partial charge in [-0.2, -0.15) is 0 Å². The van der Waals surface area contributed by atoms with E-state index in [0.717, 1.165) is 19.0 Å². The van der Waals surface area contributed by atoms with Crippen molar-refractivity contribution in [2.24, 2.45) is 11.7 Å². The fraction of sp³-hybridized carbons (Fsp3) is 0.500. The molecule has 2 rings (SSSR count). The molecular formula is C12H18Cl2FN3O. The SMILES string of the molecule is Cl.Cl.NCC1CCCN(C(=O)c2cncc(F)c2)C1. The zero-order valence-corrected chi connectivity index (χ0v) is 12.1. The first-order chi connectivity index (χ1) is 8.20. The van der Waals surface area contributed by atoms with Crippen molar-refractivity contribution in [2.75, 3.05) is 19.6 Å². The van der Waals surface area contributed by atoms with E-state index >= 15 is 0 Å². The molecule has 108 valence electrons. The van der Waals surface area contributed by atoms with Crippen molar-refractivity contribution in [3.05, 3.63) is 29.8 Å². The van der Waals surface area contributed by atoms with E-state index in [1.807, 2.05) is 0 Å². The van der Waals surface area contributed by atoms with E-state index in [1.54, 1.807) is 4.90 Å². The van der Waals surface area contributed by atoms with Crippen molar-refractivity contribution in [1.29, 1.82) is 0 Å². The number of likely N-dealkylation sites (tertiary alicyclic amines) is 1. The summed E-state index contributed by atoms with van der Waals surface area (Å²) in [7, 11) is 0. The summed E-state index contributed by atoms with van der Waals surface area (Å²) in [5.74, 6) is -0.285. The normalized spacial score (nSPS) is 18.2. The molecule has 1 aromatic rings. The summed E-state index contributed by atoms with van der Waals surface area (Å²) in [5, 5.41) is 0.